The Balaban J connectivity index is 3.90. The van der Waals surface area contributed by atoms with Crippen molar-refractivity contribution in [3.63, 3.8) is 0 Å². The van der Waals surface area contributed by atoms with Gasteiger partial charge in [-0.25, -0.2) is 9.59 Å². The molecule has 0 aliphatic heterocycles. The van der Waals surface area contributed by atoms with Crippen LogP contribution in [0.5, 0.6) is 0 Å². The second kappa shape index (κ2) is 8.74. The Bertz CT molecular complexity index is 293. The number of carbonyl (C=O) groups excluding carboxylic acids is 1. The lowest BCUT2D eigenvalue weighted by Gasteiger charge is -2.21. The van der Waals surface area contributed by atoms with E-state index < -0.39 is 18.0 Å². The first-order chi connectivity index (χ1) is 8.75. The number of urea groups is 1. The van der Waals surface area contributed by atoms with Crippen LogP contribution < -0.4 is 10.6 Å². The summed E-state index contributed by atoms with van der Waals surface area (Å²) in [6.45, 7) is 9.17. The highest BCUT2D eigenvalue weighted by Crippen LogP contribution is 2.01. The molecule has 0 aromatic heterocycles. The topological polar surface area (TPSA) is 81.7 Å². The minimum absolute atomic E-state index is 0.143. The van der Waals surface area contributed by atoms with E-state index in [4.69, 9.17) is 5.11 Å². The summed E-state index contributed by atoms with van der Waals surface area (Å²) >= 11 is 0. The molecule has 6 heteroatoms. The number of carboxylic acid groups (broad SMARTS) is 1. The van der Waals surface area contributed by atoms with Crippen molar-refractivity contribution in [3.05, 3.63) is 0 Å². The van der Waals surface area contributed by atoms with Gasteiger partial charge in [-0.15, -0.1) is 0 Å². The number of hydrogen-bond donors (Lipinski definition) is 3. The van der Waals surface area contributed by atoms with E-state index in [0.717, 1.165) is 13.0 Å². The Morgan fingerprint density at radius 2 is 1.79 bits per heavy atom. The molecule has 0 rings (SSSR count). The molecule has 0 aliphatic rings. The van der Waals surface area contributed by atoms with Crippen molar-refractivity contribution < 1.29 is 14.7 Å². The Morgan fingerprint density at radius 1 is 1.21 bits per heavy atom. The zero-order valence-electron chi connectivity index (χ0n) is 12.6. The molecule has 0 bridgehead atoms. The molecule has 19 heavy (non-hydrogen) atoms. The van der Waals surface area contributed by atoms with E-state index in [0.29, 0.717) is 12.6 Å². The van der Waals surface area contributed by atoms with E-state index in [1.165, 1.54) is 0 Å². The van der Waals surface area contributed by atoms with Crippen molar-refractivity contribution in [1.29, 1.82) is 0 Å². The minimum Gasteiger partial charge on any atom is -0.480 e. The maximum Gasteiger partial charge on any atom is 0.326 e. The maximum atomic E-state index is 11.5. The van der Waals surface area contributed by atoms with Gasteiger partial charge in [-0.1, -0.05) is 13.8 Å². The van der Waals surface area contributed by atoms with E-state index in [9.17, 15) is 9.59 Å². The van der Waals surface area contributed by atoms with Gasteiger partial charge in [0.2, 0.25) is 0 Å². The summed E-state index contributed by atoms with van der Waals surface area (Å²) in [7, 11) is 2.03. The third kappa shape index (κ3) is 7.66. The van der Waals surface area contributed by atoms with Crippen molar-refractivity contribution in [1.82, 2.24) is 15.5 Å². The van der Waals surface area contributed by atoms with Gasteiger partial charge in [0.25, 0.3) is 0 Å². The Morgan fingerprint density at radius 3 is 2.21 bits per heavy atom. The van der Waals surface area contributed by atoms with Gasteiger partial charge in [0, 0.05) is 12.6 Å². The molecule has 0 aliphatic carbocycles. The van der Waals surface area contributed by atoms with Crippen LogP contribution in [0.2, 0.25) is 0 Å². The highest BCUT2D eigenvalue weighted by Gasteiger charge is 2.22. The molecule has 0 unspecified atom stereocenters. The first kappa shape index (κ1) is 17.7. The third-order valence-electron chi connectivity index (χ3n) is 3.07. The van der Waals surface area contributed by atoms with Gasteiger partial charge < -0.3 is 20.6 Å². The molecule has 6 nitrogen and oxygen atoms in total. The molecule has 112 valence electrons. The van der Waals surface area contributed by atoms with Crippen LogP contribution >= 0.6 is 0 Å². The second-order valence-corrected chi connectivity index (χ2v) is 5.39. The SMILES string of the molecule is CC(C)[C@H](NC(=O)NCCCN(C)C(C)C)C(=O)O. The van der Waals surface area contributed by atoms with Crippen LogP contribution in [0.3, 0.4) is 0 Å². The number of carboxylic acids is 1. The lowest BCUT2D eigenvalue weighted by molar-refractivity contribution is -0.140. The molecule has 2 amide bonds. The molecule has 0 fully saturated rings. The van der Waals surface area contributed by atoms with Crippen LogP contribution in [-0.4, -0.2) is 54.2 Å². The average molecular weight is 273 g/mol. The summed E-state index contributed by atoms with van der Waals surface area (Å²) in [6.07, 6.45) is 0.835. The van der Waals surface area contributed by atoms with Crippen LogP contribution in [0.1, 0.15) is 34.1 Å². The molecular formula is C13H27N3O3. The molecule has 0 saturated carbocycles. The second-order valence-electron chi connectivity index (χ2n) is 5.39. The summed E-state index contributed by atoms with van der Waals surface area (Å²) in [5, 5.41) is 14.1. The fraction of sp³-hybridized carbons (Fsp3) is 0.846. The van der Waals surface area contributed by atoms with Gasteiger partial charge in [0.1, 0.15) is 6.04 Å². The van der Waals surface area contributed by atoms with E-state index in [1.807, 2.05) is 7.05 Å². The lowest BCUT2D eigenvalue weighted by Crippen LogP contribution is -2.49. The lowest BCUT2D eigenvalue weighted by atomic mass is 10.1. The minimum atomic E-state index is -1.01. The molecule has 0 radical (unpaired) electrons. The number of rotatable bonds is 8. The molecule has 0 aromatic carbocycles. The van der Waals surface area contributed by atoms with Gasteiger partial charge in [-0.2, -0.15) is 0 Å². The van der Waals surface area contributed by atoms with Crippen LogP contribution in [0.15, 0.2) is 0 Å². The fourth-order valence-corrected chi connectivity index (χ4v) is 1.49. The maximum absolute atomic E-state index is 11.5. The number of amides is 2. The van der Waals surface area contributed by atoms with Crippen LogP contribution in [0.25, 0.3) is 0 Å². The quantitative estimate of drug-likeness (QED) is 0.579. The van der Waals surface area contributed by atoms with Crippen LogP contribution in [0, 0.1) is 5.92 Å². The first-order valence-corrected chi connectivity index (χ1v) is 6.73. The first-order valence-electron chi connectivity index (χ1n) is 6.73. The predicted molar refractivity (Wildman–Crippen MR) is 75.2 cm³/mol. The van der Waals surface area contributed by atoms with E-state index in [1.54, 1.807) is 13.8 Å². The van der Waals surface area contributed by atoms with Crippen LogP contribution in [-0.2, 0) is 4.79 Å². The van der Waals surface area contributed by atoms with E-state index in [2.05, 4.69) is 29.4 Å². The highest BCUT2D eigenvalue weighted by atomic mass is 16.4. The number of nitrogens with zero attached hydrogens (tertiary/aromatic N) is 1. The molecule has 3 N–H and O–H groups in total. The van der Waals surface area contributed by atoms with E-state index in [-0.39, 0.29) is 5.92 Å². The summed E-state index contributed by atoms with van der Waals surface area (Å²) in [4.78, 5) is 24.7. The molecule has 0 saturated heterocycles. The van der Waals surface area contributed by atoms with Crippen molar-refractivity contribution in [2.75, 3.05) is 20.1 Å². The predicted octanol–water partition coefficient (Wildman–Crippen LogP) is 1.13. The summed E-state index contributed by atoms with van der Waals surface area (Å²) in [5.41, 5.74) is 0. The van der Waals surface area contributed by atoms with Gasteiger partial charge in [0.15, 0.2) is 0 Å². The normalized spacial score (nSPS) is 12.8. The average Bonchev–Trinajstić information content (AvgIpc) is 2.30. The third-order valence-corrected chi connectivity index (χ3v) is 3.07. The van der Waals surface area contributed by atoms with Crippen molar-refractivity contribution in [2.45, 2.75) is 46.2 Å². The van der Waals surface area contributed by atoms with Gasteiger partial charge >= 0.3 is 12.0 Å². The smallest absolute Gasteiger partial charge is 0.326 e. The Kier molecular flexibility index (Phi) is 8.14. The molecular weight excluding hydrogens is 246 g/mol. The molecule has 0 aromatic rings. The Labute approximate surface area is 115 Å². The van der Waals surface area contributed by atoms with Gasteiger partial charge in [-0.05, 0) is 39.8 Å². The van der Waals surface area contributed by atoms with E-state index >= 15 is 0 Å². The highest BCUT2D eigenvalue weighted by molar-refractivity contribution is 5.82. The molecule has 0 heterocycles. The summed E-state index contributed by atoms with van der Waals surface area (Å²) in [6, 6.07) is -0.794. The Hall–Kier alpha value is -1.30. The van der Waals surface area contributed by atoms with Gasteiger partial charge in [0.05, 0.1) is 0 Å². The number of hydrogen-bond acceptors (Lipinski definition) is 3. The van der Waals surface area contributed by atoms with Gasteiger partial charge in [-0.3, -0.25) is 0 Å². The van der Waals surface area contributed by atoms with Crippen molar-refractivity contribution in [2.24, 2.45) is 5.92 Å². The number of aliphatic carboxylic acids is 1. The number of nitrogens with one attached hydrogen (secondary N) is 2. The van der Waals surface area contributed by atoms with Crippen molar-refractivity contribution >= 4 is 12.0 Å². The van der Waals surface area contributed by atoms with Crippen LogP contribution in [0.4, 0.5) is 4.79 Å². The molecule has 0 spiro atoms. The molecule has 1 atom stereocenters. The number of carbonyl (C=O) groups is 2. The van der Waals surface area contributed by atoms with Crippen molar-refractivity contribution in [3.8, 4) is 0 Å². The monoisotopic (exact) mass is 273 g/mol. The standard InChI is InChI=1S/C13H27N3O3/c1-9(2)11(12(17)18)15-13(19)14-7-6-8-16(5)10(3)4/h9-11H,6-8H2,1-5H3,(H,17,18)(H2,14,15,19)/t11-/m0/s1. The zero-order valence-corrected chi connectivity index (χ0v) is 12.6. The summed E-state index contributed by atoms with van der Waals surface area (Å²) in [5.74, 6) is -1.15. The zero-order chi connectivity index (χ0) is 15.0. The largest absolute Gasteiger partial charge is 0.480 e. The summed E-state index contributed by atoms with van der Waals surface area (Å²) < 4.78 is 0. The fourth-order valence-electron chi connectivity index (χ4n) is 1.49.